The second kappa shape index (κ2) is 6.35. The molecule has 0 radical (unpaired) electrons. The zero-order valence-electron chi connectivity index (χ0n) is 9.20. The Bertz CT molecular complexity index is 155. The standard InChI is InChI=1S/C10H22N2O2/c1-3-11-6-10(13)8-12-4-5-14-9(2)7-12/h9-11,13H,3-8H2,1-2H3. The van der Waals surface area contributed by atoms with Crippen molar-refractivity contribution in [2.75, 3.05) is 39.3 Å². The number of nitrogens with one attached hydrogen (secondary N) is 1. The molecule has 2 N–H and O–H groups in total. The van der Waals surface area contributed by atoms with E-state index in [1.165, 1.54) is 0 Å². The molecule has 0 aromatic heterocycles. The van der Waals surface area contributed by atoms with Gasteiger partial charge in [-0.3, -0.25) is 4.90 Å². The van der Waals surface area contributed by atoms with Crippen molar-refractivity contribution >= 4 is 0 Å². The van der Waals surface area contributed by atoms with E-state index in [9.17, 15) is 5.11 Å². The first kappa shape index (κ1) is 11.9. The van der Waals surface area contributed by atoms with Crippen LogP contribution in [0.1, 0.15) is 13.8 Å². The van der Waals surface area contributed by atoms with Crippen molar-refractivity contribution in [2.24, 2.45) is 0 Å². The first-order valence-corrected chi connectivity index (χ1v) is 5.45. The third-order valence-corrected chi connectivity index (χ3v) is 2.42. The Morgan fingerprint density at radius 3 is 3.07 bits per heavy atom. The van der Waals surface area contributed by atoms with Crippen LogP contribution in [-0.2, 0) is 4.74 Å². The molecular weight excluding hydrogens is 180 g/mol. The Labute approximate surface area is 86.2 Å². The molecule has 1 aliphatic rings. The number of β-amino-alcohol motifs (C(OH)–C–C–N with tert-alkyl or cyclic N) is 1. The highest BCUT2D eigenvalue weighted by molar-refractivity contribution is 4.72. The third-order valence-electron chi connectivity index (χ3n) is 2.42. The minimum Gasteiger partial charge on any atom is -0.390 e. The molecule has 84 valence electrons. The molecule has 4 heteroatoms. The zero-order chi connectivity index (χ0) is 10.4. The summed E-state index contributed by atoms with van der Waals surface area (Å²) in [5, 5.41) is 12.8. The molecule has 1 saturated heterocycles. The highest BCUT2D eigenvalue weighted by Gasteiger charge is 2.18. The highest BCUT2D eigenvalue weighted by Crippen LogP contribution is 2.04. The average Bonchev–Trinajstić information content (AvgIpc) is 2.15. The van der Waals surface area contributed by atoms with Crippen LogP contribution in [0.3, 0.4) is 0 Å². The summed E-state index contributed by atoms with van der Waals surface area (Å²) in [7, 11) is 0. The summed E-state index contributed by atoms with van der Waals surface area (Å²) in [6.45, 7) is 9.12. The Kier molecular flexibility index (Phi) is 5.40. The van der Waals surface area contributed by atoms with E-state index in [1.807, 2.05) is 6.92 Å². The van der Waals surface area contributed by atoms with E-state index in [-0.39, 0.29) is 6.10 Å². The molecule has 0 amide bonds. The van der Waals surface area contributed by atoms with Gasteiger partial charge in [0.05, 0.1) is 18.8 Å². The number of rotatable bonds is 5. The minimum absolute atomic E-state index is 0.264. The average molecular weight is 202 g/mol. The van der Waals surface area contributed by atoms with Gasteiger partial charge in [0.15, 0.2) is 0 Å². The van der Waals surface area contributed by atoms with Crippen LogP contribution in [0.2, 0.25) is 0 Å². The molecule has 0 spiro atoms. The van der Waals surface area contributed by atoms with Gasteiger partial charge in [0.2, 0.25) is 0 Å². The van der Waals surface area contributed by atoms with Crippen molar-refractivity contribution in [3.63, 3.8) is 0 Å². The number of hydrogen-bond acceptors (Lipinski definition) is 4. The zero-order valence-corrected chi connectivity index (χ0v) is 9.20. The number of ether oxygens (including phenoxy) is 1. The van der Waals surface area contributed by atoms with Crippen LogP contribution in [0.15, 0.2) is 0 Å². The molecule has 1 aliphatic heterocycles. The van der Waals surface area contributed by atoms with E-state index in [0.29, 0.717) is 12.6 Å². The monoisotopic (exact) mass is 202 g/mol. The van der Waals surface area contributed by atoms with E-state index in [0.717, 1.165) is 32.8 Å². The van der Waals surface area contributed by atoms with Crippen LogP contribution in [-0.4, -0.2) is 61.5 Å². The number of morpholine rings is 1. The maximum Gasteiger partial charge on any atom is 0.0791 e. The van der Waals surface area contributed by atoms with Gasteiger partial charge in [-0.15, -0.1) is 0 Å². The van der Waals surface area contributed by atoms with Gasteiger partial charge in [-0.25, -0.2) is 0 Å². The summed E-state index contributed by atoms with van der Waals surface area (Å²) < 4.78 is 5.43. The lowest BCUT2D eigenvalue weighted by molar-refractivity contribution is -0.0312. The predicted octanol–water partition coefficient (Wildman–Crippen LogP) is -0.322. The lowest BCUT2D eigenvalue weighted by Crippen LogP contribution is -2.46. The van der Waals surface area contributed by atoms with Gasteiger partial charge in [0, 0.05) is 26.2 Å². The fourth-order valence-electron chi connectivity index (χ4n) is 1.73. The van der Waals surface area contributed by atoms with Gasteiger partial charge in [-0.05, 0) is 13.5 Å². The Morgan fingerprint density at radius 2 is 2.43 bits per heavy atom. The Hall–Kier alpha value is -0.160. The molecular formula is C10H22N2O2. The van der Waals surface area contributed by atoms with E-state index < -0.39 is 0 Å². The molecule has 1 rings (SSSR count). The van der Waals surface area contributed by atoms with Crippen molar-refractivity contribution < 1.29 is 9.84 Å². The normalized spacial score (nSPS) is 26.4. The topological polar surface area (TPSA) is 44.7 Å². The number of likely N-dealkylation sites (N-methyl/N-ethyl adjacent to an activating group) is 1. The smallest absolute Gasteiger partial charge is 0.0791 e. The molecule has 0 saturated carbocycles. The molecule has 0 aliphatic carbocycles. The number of nitrogens with zero attached hydrogens (tertiary/aromatic N) is 1. The van der Waals surface area contributed by atoms with Crippen molar-refractivity contribution in [1.82, 2.24) is 10.2 Å². The largest absolute Gasteiger partial charge is 0.390 e. The van der Waals surface area contributed by atoms with Crippen LogP contribution in [0.5, 0.6) is 0 Å². The number of aliphatic hydroxyl groups excluding tert-OH is 1. The van der Waals surface area contributed by atoms with E-state index in [4.69, 9.17) is 4.74 Å². The summed E-state index contributed by atoms with van der Waals surface area (Å²) in [4.78, 5) is 2.26. The molecule has 0 bridgehead atoms. The van der Waals surface area contributed by atoms with Crippen molar-refractivity contribution in [1.29, 1.82) is 0 Å². The first-order chi connectivity index (χ1) is 6.72. The fourth-order valence-corrected chi connectivity index (χ4v) is 1.73. The third kappa shape index (κ3) is 4.37. The van der Waals surface area contributed by atoms with Crippen LogP contribution in [0.25, 0.3) is 0 Å². The van der Waals surface area contributed by atoms with Crippen LogP contribution in [0, 0.1) is 0 Å². The van der Waals surface area contributed by atoms with E-state index in [1.54, 1.807) is 0 Å². The van der Waals surface area contributed by atoms with Crippen LogP contribution >= 0.6 is 0 Å². The molecule has 1 heterocycles. The quantitative estimate of drug-likeness (QED) is 0.641. The maximum absolute atomic E-state index is 9.67. The van der Waals surface area contributed by atoms with Gasteiger partial charge >= 0.3 is 0 Å². The maximum atomic E-state index is 9.67. The molecule has 0 aromatic rings. The van der Waals surface area contributed by atoms with Gasteiger partial charge in [0.1, 0.15) is 0 Å². The summed E-state index contributed by atoms with van der Waals surface area (Å²) in [5.74, 6) is 0. The van der Waals surface area contributed by atoms with Crippen molar-refractivity contribution in [3.05, 3.63) is 0 Å². The Balaban J connectivity index is 2.15. The summed E-state index contributed by atoms with van der Waals surface area (Å²) in [6.07, 6.45) is 0.0373. The molecule has 14 heavy (non-hydrogen) atoms. The van der Waals surface area contributed by atoms with Gasteiger partial charge in [0.25, 0.3) is 0 Å². The summed E-state index contributed by atoms with van der Waals surface area (Å²) >= 11 is 0. The van der Waals surface area contributed by atoms with Crippen LogP contribution in [0.4, 0.5) is 0 Å². The van der Waals surface area contributed by atoms with Crippen molar-refractivity contribution in [2.45, 2.75) is 26.1 Å². The second-order valence-corrected chi connectivity index (χ2v) is 3.90. The molecule has 0 aromatic carbocycles. The lowest BCUT2D eigenvalue weighted by atomic mass is 10.2. The molecule has 4 nitrogen and oxygen atoms in total. The SMILES string of the molecule is CCNCC(O)CN1CCOC(C)C1. The molecule has 2 atom stereocenters. The minimum atomic E-state index is -0.264. The van der Waals surface area contributed by atoms with Crippen molar-refractivity contribution in [3.8, 4) is 0 Å². The van der Waals surface area contributed by atoms with E-state index in [2.05, 4.69) is 17.1 Å². The van der Waals surface area contributed by atoms with Crippen LogP contribution < -0.4 is 5.32 Å². The van der Waals surface area contributed by atoms with Gasteiger partial charge in [-0.1, -0.05) is 6.92 Å². The van der Waals surface area contributed by atoms with E-state index >= 15 is 0 Å². The summed E-state index contributed by atoms with van der Waals surface area (Å²) in [6, 6.07) is 0. The highest BCUT2D eigenvalue weighted by atomic mass is 16.5. The first-order valence-electron chi connectivity index (χ1n) is 5.45. The number of hydrogen-bond donors (Lipinski definition) is 2. The number of aliphatic hydroxyl groups is 1. The predicted molar refractivity (Wildman–Crippen MR) is 56.4 cm³/mol. The lowest BCUT2D eigenvalue weighted by Gasteiger charge is -2.32. The van der Waals surface area contributed by atoms with Gasteiger partial charge < -0.3 is 15.2 Å². The summed E-state index contributed by atoms with van der Waals surface area (Å²) in [5.41, 5.74) is 0. The second-order valence-electron chi connectivity index (χ2n) is 3.90. The van der Waals surface area contributed by atoms with Gasteiger partial charge in [-0.2, -0.15) is 0 Å². The molecule has 2 unspecified atom stereocenters. The molecule has 1 fully saturated rings. The Morgan fingerprint density at radius 1 is 1.64 bits per heavy atom. The fraction of sp³-hybridized carbons (Fsp3) is 1.00.